The first-order valence-corrected chi connectivity index (χ1v) is 10.5. The lowest BCUT2D eigenvalue weighted by Gasteiger charge is -2.67. The van der Waals surface area contributed by atoms with E-state index in [2.05, 4.69) is 64.4 Å². The van der Waals surface area contributed by atoms with Gasteiger partial charge in [0.1, 0.15) is 0 Å². The summed E-state index contributed by atoms with van der Waals surface area (Å²) in [7, 11) is 3.60. The van der Waals surface area contributed by atoms with Crippen LogP contribution in [0.1, 0.15) is 24.0 Å². The molecule has 2 fully saturated rings. The van der Waals surface area contributed by atoms with Crippen molar-refractivity contribution >= 4 is 5.69 Å². The number of ether oxygens (including phenoxy) is 2. The summed E-state index contributed by atoms with van der Waals surface area (Å²) in [6.45, 7) is 2.98. The number of hydrogen-bond acceptors (Lipinski definition) is 4. The third kappa shape index (κ3) is 2.55. The van der Waals surface area contributed by atoms with Gasteiger partial charge in [0, 0.05) is 39.0 Å². The van der Waals surface area contributed by atoms with Gasteiger partial charge >= 0.3 is 0 Å². The molecule has 28 heavy (non-hydrogen) atoms. The molecular formula is C24H30N2O2. The van der Waals surface area contributed by atoms with Gasteiger partial charge < -0.3 is 14.4 Å². The van der Waals surface area contributed by atoms with E-state index in [9.17, 15) is 0 Å². The SMILES string of the molecule is COC1(OC)CN(c2ccccc2)C12CCN(C1Cc3ccccc3C1)CC2. The minimum Gasteiger partial charge on any atom is -0.355 e. The molecule has 0 amide bonds. The van der Waals surface area contributed by atoms with Crippen LogP contribution in [0, 0.1) is 0 Å². The number of piperidine rings is 1. The molecule has 0 bridgehead atoms. The van der Waals surface area contributed by atoms with E-state index in [1.807, 2.05) is 0 Å². The van der Waals surface area contributed by atoms with Crippen LogP contribution in [-0.2, 0) is 22.3 Å². The molecule has 2 saturated heterocycles. The largest absolute Gasteiger partial charge is 0.355 e. The van der Waals surface area contributed by atoms with Gasteiger partial charge in [-0.2, -0.15) is 0 Å². The van der Waals surface area contributed by atoms with Crippen molar-refractivity contribution in [2.75, 3.05) is 38.8 Å². The van der Waals surface area contributed by atoms with Gasteiger partial charge in [0.05, 0.1) is 12.1 Å². The van der Waals surface area contributed by atoms with E-state index in [-0.39, 0.29) is 5.54 Å². The van der Waals surface area contributed by atoms with Crippen molar-refractivity contribution in [3.8, 4) is 0 Å². The zero-order valence-corrected chi connectivity index (χ0v) is 16.9. The molecule has 0 saturated carbocycles. The molecule has 4 heteroatoms. The predicted molar refractivity (Wildman–Crippen MR) is 112 cm³/mol. The second-order valence-electron chi connectivity index (χ2n) is 8.48. The average Bonchev–Trinajstić information content (AvgIpc) is 3.19. The van der Waals surface area contributed by atoms with E-state index in [1.54, 1.807) is 14.2 Å². The van der Waals surface area contributed by atoms with Crippen molar-refractivity contribution in [2.45, 2.75) is 43.1 Å². The molecule has 0 unspecified atom stereocenters. The van der Waals surface area contributed by atoms with Gasteiger partial charge in [-0.3, -0.25) is 4.90 Å². The van der Waals surface area contributed by atoms with Gasteiger partial charge in [-0.25, -0.2) is 0 Å². The number of likely N-dealkylation sites (tertiary alicyclic amines) is 1. The highest BCUT2D eigenvalue weighted by Gasteiger charge is 2.66. The Morgan fingerprint density at radius 2 is 1.39 bits per heavy atom. The summed E-state index contributed by atoms with van der Waals surface area (Å²) in [4.78, 5) is 5.21. The smallest absolute Gasteiger partial charge is 0.209 e. The number of rotatable bonds is 4. The lowest BCUT2D eigenvalue weighted by molar-refractivity contribution is -0.288. The Kier molecular flexibility index (Phi) is 4.46. The monoisotopic (exact) mass is 378 g/mol. The van der Waals surface area contributed by atoms with E-state index in [1.165, 1.54) is 29.7 Å². The Bertz CT molecular complexity index is 801. The van der Waals surface area contributed by atoms with Crippen LogP contribution in [0.15, 0.2) is 54.6 Å². The summed E-state index contributed by atoms with van der Waals surface area (Å²) in [5.41, 5.74) is 4.25. The second-order valence-corrected chi connectivity index (χ2v) is 8.48. The van der Waals surface area contributed by atoms with E-state index < -0.39 is 5.79 Å². The summed E-state index contributed by atoms with van der Waals surface area (Å²) in [6, 6.07) is 20.3. The standard InChI is InChI=1S/C24H30N2O2/c1-27-24(28-2)18-26(21-10-4-3-5-11-21)23(24)12-14-25(15-13-23)22-16-19-8-6-7-9-20(19)17-22/h3-11,22H,12-18H2,1-2H3. The average molecular weight is 379 g/mol. The fraction of sp³-hybridized carbons (Fsp3) is 0.500. The molecule has 4 nitrogen and oxygen atoms in total. The van der Waals surface area contributed by atoms with E-state index in [0.29, 0.717) is 6.04 Å². The molecular weight excluding hydrogens is 348 g/mol. The zero-order valence-electron chi connectivity index (χ0n) is 16.9. The number of hydrogen-bond donors (Lipinski definition) is 0. The van der Waals surface area contributed by atoms with E-state index in [0.717, 1.165) is 32.5 Å². The highest BCUT2D eigenvalue weighted by molar-refractivity contribution is 5.55. The molecule has 0 atom stereocenters. The number of nitrogens with zero attached hydrogens (tertiary/aromatic N) is 2. The maximum Gasteiger partial charge on any atom is 0.209 e. The summed E-state index contributed by atoms with van der Waals surface area (Å²) in [5, 5.41) is 0. The van der Waals surface area contributed by atoms with Crippen molar-refractivity contribution in [3.63, 3.8) is 0 Å². The molecule has 1 aliphatic carbocycles. The predicted octanol–water partition coefficient (Wildman–Crippen LogP) is 3.50. The van der Waals surface area contributed by atoms with Crippen LogP contribution in [0.25, 0.3) is 0 Å². The Hall–Kier alpha value is -1.88. The molecule has 0 N–H and O–H groups in total. The maximum absolute atomic E-state index is 6.00. The van der Waals surface area contributed by atoms with Crippen LogP contribution in [-0.4, -0.2) is 56.1 Å². The summed E-state index contributed by atoms with van der Waals surface area (Å²) >= 11 is 0. The fourth-order valence-corrected chi connectivity index (χ4v) is 5.86. The highest BCUT2D eigenvalue weighted by atomic mass is 16.7. The first kappa shape index (κ1) is 18.2. The summed E-state index contributed by atoms with van der Waals surface area (Å²) < 4.78 is 12.0. The Labute approximate surface area is 168 Å². The lowest BCUT2D eigenvalue weighted by Crippen LogP contribution is -2.82. The molecule has 0 aromatic heterocycles. The maximum atomic E-state index is 6.00. The quantitative estimate of drug-likeness (QED) is 0.761. The van der Waals surface area contributed by atoms with Gasteiger partial charge in [0.25, 0.3) is 0 Å². The second kappa shape index (κ2) is 6.87. The molecule has 2 aliphatic heterocycles. The molecule has 2 aromatic rings. The number of fused-ring (bicyclic) bond motifs is 1. The van der Waals surface area contributed by atoms with Crippen molar-refractivity contribution in [3.05, 3.63) is 65.7 Å². The first-order valence-electron chi connectivity index (χ1n) is 10.5. The summed E-state index contributed by atoms with van der Waals surface area (Å²) in [5.74, 6) is -0.506. The van der Waals surface area contributed by atoms with Crippen LogP contribution < -0.4 is 4.90 Å². The molecule has 148 valence electrons. The third-order valence-electron chi connectivity index (χ3n) is 7.49. The lowest BCUT2D eigenvalue weighted by atomic mass is 9.70. The van der Waals surface area contributed by atoms with Gasteiger partial charge in [-0.05, 0) is 48.9 Å². The van der Waals surface area contributed by atoms with Crippen LogP contribution in [0.5, 0.6) is 0 Å². The number of methoxy groups -OCH3 is 2. The number of benzene rings is 2. The number of anilines is 1. The summed E-state index contributed by atoms with van der Waals surface area (Å²) in [6.07, 6.45) is 4.50. The molecule has 5 rings (SSSR count). The van der Waals surface area contributed by atoms with E-state index in [4.69, 9.17) is 9.47 Å². The van der Waals surface area contributed by atoms with Crippen LogP contribution in [0.3, 0.4) is 0 Å². The van der Waals surface area contributed by atoms with E-state index >= 15 is 0 Å². The fourth-order valence-electron chi connectivity index (χ4n) is 5.86. The molecule has 0 radical (unpaired) electrons. The normalized spacial score (nSPS) is 23.6. The minimum absolute atomic E-state index is 0.0835. The minimum atomic E-state index is -0.506. The topological polar surface area (TPSA) is 24.9 Å². The highest BCUT2D eigenvalue weighted by Crippen LogP contribution is 2.52. The van der Waals surface area contributed by atoms with Crippen LogP contribution in [0.2, 0.25) is 0 Å². The Morgan fingerprint density at radius 1 is 0.821 bits per heavy atom. The molecule has 3 aliphatic rings. The Balaban J connectivity index is 1.35. The van der Waals surface area contributed by atoms with Crippen molar-refractivity contribution in [1.82, 2.24) is 4.90 Å². The molecule has 1 spiro atoms. The Morgan fingerprint density at radius 3 is 1.96 bits per heavy atom. The van der Waals surface area contributed by atoms with Crippen molar-refractivity contribution in [1.29, 1.82) is 0 Å². The first-order chi connectivity index (χ1) is 13.7. The van der Waals surface area contributed by atoms with Gasteiger partial charge in [0.15, 0.2) is 0 Å². The molecule has 2 heterocycles. The van der Waals surface area contributed by atoms with Crippen LogP contribution in [0.4, 0.5) is 5.69 Å². The van der Waals surface area contributed by atoms with Gasteiger partial charge in [-0.1, -0.05) is 42.5 Å². The molecule has 2 aromatic carbocycles. The third-order valence-corrected chi connectivity index (χ3v) is 7.49. The van der Waals surface area contributed by atoms with Crippen LogP contribution >= 0.6 is 0 Å². The van der Waals surface area contributed by atoms with Gasteiger partial charge in [0.2, 0.25) is 5.79 Å². The van der Waals surface area contributed by atoms with Crippen molar-refractivity contribution < 1.29 is 9.47 Å². The van der Waals surface area contributed by atoms with Crippen molar-refractivity contribution in [2.24, 2.45) is 0 Å². The number of para-hydroxylation sites is 1. The van der Waals surface area contributed by atoms with Gasteiger partial charge in [-0.15, -0.1) is 0 Å². The zero-order chi connectivity index (χ0) is 19.2.